The van der Waals surface area contributed by atoms with Gasteiger partial charge in [0.25, 0.3) is 0 Å². The molecule has 3 rings (SSSR count). The van der Waals surface area contributed by atoms with Crippen LogP contribution in [-0.4, -0.2) is 6.04 Å². The van der Waals surface area contributed by atoms with Crippen molar-refractivity contribution in [3.05, 3.63) is 55.1 Å². The van der Waals surface area contributed by atoms with Crippen LogP contribution in [0.25, 0.3) is 0 Å². The SMILES string of the molecule is Brc1ccc(CNC2CC(c3ccccc3Br)C2)s1. The maximum atomic E-state index is 3.65. The molecule has 1 aromatic carbocycles. The van der Waals surface area contributed by atoms with Gasteiger partial charge < -0.3 is 5.32 Å². The average molecular weight is 401 g/mol. The summed E-state index contributed by atoms with van der Waals surface area (Å²) in [5.41, 5.74) is 1.46. The second-order valence-electron chi connectivity index (χ2n) is 4.97. The molecule has 19 heavy (non-hydrogen) atoms. The van der Waals surface area contributed by atoms with Crippen molar-refractivity contribution in [2.45, 2.75) is 31.3 Å². The van der Waals surface area contributed by atoms with Gasteiger partial charge in [-0.05, 0) is 58.5 Å². The first kappa shape index (κ1) is 13.8. The number of hydrogen-bond acceptors (Lipinski definition) is 2. The fourth-order valence-corrected chi connectivity index (χ4v) is 4.58. The molecule has 1 saturated carbocycles. The van der Waals surface area contributed by atoms with Crippen molar-refractivity contribution < 1.29 is 0 Å². The van der Waals surface area contributed by atoms with Gasteiger partial charge in [-0.2, -0.15) is 0 Å². The zero-order chi connectivity index (χ0) is 13.2. The maximum absolute atomic E-state index is 3.65. The lowest BCUT2D eigenvalue weighted by Crippen LogP contribution is -2.39. The lowest BCUT2D eigenvalue weighted by molar-refractivity contribution is 0.289. The summed E-state index contributed by atoms with van der Waals surface area (Å²) in [5, 5.41) is 3.64. The molecule has 4 heteroatoms. The van der Waals surface area contributed by atoms with E-state index in [2.05, 4.69) is 73.6 Å². The first-order valence-electron chi connectivity index (χ1n) is 6.44. The van der Waals surface area contributed by atoms with E-state index in [1.807, 2.05) is 11.3 Å². The van der Waals surface area contributed by atoms with E-state index in [1.165, 1.54) is 31.5 Å². The summed E-state index contributed by atoms with van der Waals surface area (Å²) in [7, 11) is 0. The predicted octanol–water partition coefficient (Wildman–Crippen LogP) is 5.31. The van der Waals surface area contributed by atoms with Crippen LogP contribution >= 0.6 is 43.2 Å². The van der Waals surface area contributed by atoms with Crippen molar-refractivity contribution in [1.29, 1.82) is 0 Å². The lowest BCUT2D eigenvalue weighted by atomic mass is 9.76. The Hall–Kier alpha value is -0.160. The molecule has 1 N–H and O–H groups in total. The second-order valence-corrected chi connectivity index (χ2v) is 8.38. The molecule has 0 saturated heterocycles. The quantitative estimate of drug-likeness (QED) is 0.733. The maximum Gasteiger partial charge on any atom is 0.0701 e. The zero-order valence-electron chi connectivity index (χ0n) is 10.4. The number of hydrogen-bond donors (Lipinski definition) is 1. The van der Waals surface area contributed by atoms with Gasteiger partial charge in [0, 0.05) is 21.9 Å². The Labute approximate surface area is 134 Å². The lowest BCUT2D eigenvalue weighted by Gasteiger charge is -2.36. The van der Waals surface area contributed by atoms with Crippen molar-refractivity contribution in [2.24, 2.45) is 0 Å². The van der Waals surface area contributed by atoms with E-state index in [0.29, 0.717) is 12.0 Å². The third-order valence-electron chi connectivity index (χ3n) is 3.68. The summed E-state index contributed by atoms with van der Waals surface area (Å²) < 4.78 is 2.46. The molecule has 0 spiro atoms. The van der Waals surface area contributed by atoms with E-state index in [-0.39, 0.29) is 0 Å². The van der Waals surface area contributed by atoms with Crippen LogP contribution in [0.5, 0.6) is 0 Å². The highest BCUT2D eigenvalue weighted by Crippen LogP contribution is 2.40. The fraction of sp³-hybridized carbons (Fsp3) is 0.333. The molecule has 100 valence electrons. The molecule has 1 aliphatic carbocycles. The molecule has 1 aliphatic rings. The van der Waals surface area contributed by atoms with Gasteiger partial charge in [-0.25, -0.2) is 0 Å². The van der Waals surface area contributed by atoms with Crippen LogP contribution in [0.2, 0.25) is 0 Å². The molecule has 0 unspecified atom stereocenters. The van der Waals surface area contributed by atoms with Crippen molar-refractivity contribution in [3.63, 3.8) is 0 Å². The number of rotatable bonds is 4. The largest absolute Gasteiger partial charge is 0.309 e. The monoisotopic (exact) mass is 399 g/mol. The van der Waals surface area contributed by atoms with Crippen LogP contribution in [0.1, 0.15) is 29.2 Å². The molecule has 1 nitrogen and oxygen atoms in total. The fourth-order valence-electron chi connectivity index (χ4n) is 2.54. The number of thiophene rings is 1. The minimum absolute atomic E-state index is 0.665. The average Bonchev–Trinajstić information content (AvgIpc) is 2.75. The molecular weight excluding hydrogens is 386 g/mol. The molecule has 2 aromatic rings. The van der Waals surface area contributed by atoms with Crippen LogP contribution in [0.15, 0.2) is 44.7 Å². The van der Waals surface area contributed by atoms with Crippen LogP contribution in [0.4, 0.5) is 0 Å². The summed E-state index contributed by atoms with van der Waals surface area (Å²) in [6.45, 7) is 0.990. The highest BCUT2D eigenvalue weighted by atomic mass is 79.9. The first-order chi connectivity index (χ1) is 9.22. The molecule has 0 aliphatic heterocycles. The molecule has 0 amide bonds. The van der Waals surface area contributed by atoms with Gasteiger partial charge in [0.2, 0.25) is 0 Å². The molecule has 1 aromatic heterocycles. The highest BCUT2D eigenvalue weighted by molar-refractivity contribution is 9.11. The summed E-state index contributed by atoms with van der Waals surface area (Å²) in [5.74, 6) is 0.711. The van der Waals surface area contributed by atoms with Crippen LogP contribution < -0.4 is 5.32 Å². The van der Waals surface area contributed by atoms with Crippen molar-refractivity contribution in [1.82, 2.24) is 5.32 Å². The zero-order valence-corrected chi connectivity index (χ0v) is 14.4. The third kappa shape index (κ3) is 3.30. The Morgan fingerprint density at radius 3 is 2.58 bits per heavy atom. The smallest absolute Gasteiger partial charge is 0.0701 e. The van der Waals surface area contributed by atoms with Crippen LogP contribution in [0.3, 0.4) is 0 Å². The molecular formula is C15H15Br2NS. The van der Waals surface area contributed by atoms with Gasteiger partial charge in [0.05, 0.1) is 3.79 Å². The molecule has 0 atom stereocenters. The third-order valence-corrected chi connectivity index (χ3v) is 6.02. The second kappa shape index (κ2) is 6.08. The number of benzene rings is 1. The summed E-state index contributed by atoms with van der Waals surface area (Å²) in [6.07, 6.45) is 2.49. The number of nitrogens with one attached hydrogen (secondary N) is 1. The normalized spacial score (nSPS) is 22.2. The Balaban J connectivity index is 1.49. The Morgan fingerprint density at radius 1 is 1.11 bits per heavy atom. The van der Waals surface area contributed by atoms with E-state index < -0.39 is 0 Å². The molecule has 1 heterocycles. The van der Waals surface area contributed by atoms with Gasteiger partial charge in [0.15, 0.2) is 0 Å². The Bertz CT molecular complexity index is 561. The summed E-state index contributed by atoms with van der Waals surface area (Å²) in [4.78, 5) is 1.40. The first-order valence-corrected chi connectivity index (χ1v) is 8.84. The van der Waals surface area contributed by atoms with E-state index in [9.17, 15) is 0 Å². The molecule has 0 bridgehead atoms. The van der Waals surface area contributed by atoms with E-state index in [1.54, 1.807) is 0 Å². The van der Waals surface area contributed by atoms with Gasteiger partial charge in [-0.15, -0.1) is 11.3 Å². The van der Waals surface area contributed by atoms with Crippen molar-refractivity contribution in [3.8, 4) is 0 Å². The van der Waals surface area contributed by atoms with Crippen LogP contribution in [-0.2, 0) is 6.54 Å². The van der Waals surface area contributed by atoms with E-state index in [0.717, 1.165) is 6.54 Å². The highest BCUT2D eigenvalue weighted by Gasteiger charge is 2.30. The van der Waals surface area contributed by atoms with Gasteiger partial charge in [-0.1, -0.05) is 34.1 Å². The summed E-state index contributed by atoms with van der Waals surface area (Å²) >= 11 is 8.96. The van der Waals surface area contributed by atoms with Crippen molar-refractivity contribution >= 4 is 43.2 Å². The van der Waals surface area contributed by atoms with Crippen molar-refractivity contribution in [2.75, 3.05) is 0 Å². The minimum atomic E-state index is 0.665. The standard InChI is InChI=1S/C15H15Br2NS/c16-14-4-2-1-3-13(14)10-7-11(8-10)18-9-12-5-6-15(17)19-12/h1-6,10-11,18H,7-9H2. The summed E-state index contributed by atoms with van der Waals surface area (Å²) in [6, 6.07) is 13.6. The minimum Gasteiger partial charge on any atom is -0.309 e. The van der Waals surface area contributed by atoms with Gasteiger partial charge in [-0.3, -0.25) is 0 Å². The Kier molecular flexibility index (Phi) is 4.42. The van der Waals surface area contributed by atoms with E-state index >= 15 is 0 Å². The van der Waals surface area contributed by atoms with Gasteiger partial charge in [0.1, 0.15) is 0 Å². The van der Waals surface area contributed by atoms with Gasteiger partial charge >= 0.3 is 0 Å². The van der Waals surface area contributed by atoms with E-state index in [4.69, 9.17) is 0 Å². The predicted molar refractivity (Wildman–Crippen MR) is 88.8 cm³/mol. The van der Waals surface area contributed by atoms with Crippen LogP contribution in [0, 0.1) is 0 Å². The Morgan fingerprint density at radius 2 is 1.89 bits per heavy atom. The molecule has 0 radical (unpaired) electrons. The molecule has 1 fully saturated rings. The number of halogens is 2. The topological polar surface area (TPSA) is 12.0 Å².